The summed E-state index contributed by atoms with van der Waals surface area (Å²) in [5, 5.41) is 8.38. The Balaban J connectivity index is 0. The summed E-state index contributed by atoms with van der Waals surface area (Å²) < 4.78 is 4.94. The lowest BCUT2D eigenvalue weighted by Crippen LogP contribution is -2.08. The second-order valence-corrected chi connectivity index (χ2v) is 4.59. The summed E-state index contributed by atoms with van der Waals surface area (Å²) in [6.45, 7) is 2.63. The Kier molecular flexibility index (Phi) is 15.9. The van der Waals surface area contributed by atoms with E-state index in [1.165, 1.54) is 38.5 Å². The molecule has 0 bridgehead atoms. The normalized spacial score (nSPS) is 9.74. The molecule has 5 nitrogen and oxygen atoms in total. The number of carbonyl (C=O) groups is 2. The van der Waals surface area contributed by atoms with Crippen LogP contribution >= 0.6 is 0 Å². The van der Waals surface area contributed by atoms with Gasteiger partial charge in [0.25, 0.3) is 0 Å². The molecule has 0 radical (unpaired) electrons. The van der Waals surface area contributed by atoms with Crippen LogP contribution < -0.4 is 6.15 Å². The highest BCUT2D eigenvalue weighted by atomic mass is 16.5. The molecule has 114 valence electrons. The molecule has 0 heterocycles. The summed E-state index contributed by atoms with van der Waals surface area (Å²) in [7, 11) is 0. The molecule has 0 rings (SSSR count). The van der Waals surface area contributed by atoms with Crippen molar-refractivity contribution in [3.05, 3.63) is 0 Å². The third-order valence-corrected chi connectivity index (χ3v) is 2.80. The fraction of sp³-hybridized carbons (Fsp3) is 0.857. The van der Waals surface area contributed by atoms with Crippen LogP contribution in [-0.4, -0.2) is 23.7 Å². The van der Waals surface area contributed by atoms with E-state index in [4.69, 9.17) is 9.84 Å². The molecule has 0 aliphatic carbocycles. The predicted molar refractivity (Wildman–Crippen MR) is 75.5 cm³/mol. The number of rotatable bonds is 12. The quantitative estimate of drug-likeness (QED) is 0.418. The number of aliphatic carboxylic acids is 1. The maximum absolute atomic E-state index is 11.1. The monoisotopic (exact) mass is 275 g/mol. The maximum atomic E-state index is 11.1. The first kappa shape index (κ1) is 20.2. The predicted octanol–water partition coefficient (Wildman–Crippen LogP) is 3.70. The van der Waals surface area contributed by atoms with E-state index in [0.29, 0.717) is 6.61 Å². The highest BCUT2D eigenvalue weighted by Crippen LogP contribution is 2.08. The van der Waals surface area contributed by atoms with E-state index in [-0.39, 0.29) is 19.0 Å². The van der Waals surface area contributed by atoms with Gasteiger partial charge in [-0.25, -0.2) is 0 Å². The van der Waals surface area contributed by atoms with Gasteiger partial charge in [-0.1, -0.05) is 51.9 Å². The standard InChI is InChI=1S/C14H26O4.H3N/c1-2-3-4-5-6-7-8-9-12-18-14(17)11-10-13(15)16;/h2-12H2,1H3,(H,15,16);1H3. The van der Waals surface area contributed by atoms with Crippen molar-refractivity contribution in [3.63, 3.8) is 0 Å². The van der Waals surface area contributed by atoms with Crippen molar-refractivity contribution in [1.29, 1.82) is 0 Å². The molecule has 0 aliphatic rings. The van der Waals surface area contributed by atoms with Crippen LogP contribution in [0.25, 0.3) is 0 Å². The van der Waals surface area contributed by atoms with Gasteiger partial charge in [0.15, 0.2) is 0 Å². The Morgan fingerprint density at radius 2 is 1.42 bits per heavy atom. The van der Waals surface area contributed by atoms with Crippen LogP contribution in [0.2, 0.25) is 0 Å². The summed E-state index contributed by atoms with van der Waals surface area (Å²) in [4.78, 5) is 21.3. The number of hydrogen-bond acceptors (Lipinski definition) is 4. The maximum Gasteiger partial charge on any atom is 0.306 e. The molecule has 0 spiro atoms. The van der Waals surface area contributed by atoms with Crippen LogP contribution in [0.4, 0.5) is 0 Å². The molecule has 0 saturated carbocycles. The lowest BCUT2D eigenvalue weighted by Gasteiger charge is -2.04. The van der Waals surface area contributed by atoms with Gasteiger partial charge in [-0.2, -0.15) is 0 Å². The first-order valence-corrected chi connectivity index (χ1v) is 7.04. The number of ether oxygens (including phenoxy) is 1. The number of esters is 1. The van der Waals surface area contributed by atoms with Crippen molar-refractivity contribution in [1.82, 2.24) is 6.15 Å². The SMILES string of the molecule is CCCCCCCCCCOC(=O)CCC(=O)O.N. The van der Waals surface area contributed by atoms with Gasteiger partial charge in [-0.3, -0.25) is 9.59 Å². The van der Waals surface area contributed by atoms with E-state index in [0.717, 1.165) is 12.8 Å². The van der Waals surface area contributed by atoms with Crippen molar-refractivity contribution < 1.29 is 19.4 Å². The molecule has 0 amide bonds. The second kappa shape index (κ2) is 15.0. The van der Waals surface area contributed by atoms with Gasteiger partial charge in [-0.15, -0.1) is 0 Å². The zero-order valence-electron chi connectivity index (χ0n) is 12.2. The van der Waals surface area contributed by atoms with Crippen LogP contribution in [0, 0.1) is 0 Å². The van der Waals surface area contributed by atoms with Crippen LogP contribution in [-0.2, 0) is 14.3 Å². The van der Waals surface area contributed by atoms with Crippen molar-refractivity contribution in [2.45, 2.75) is 71.1 Å². The summed E-state index contributed by atoms with van der Waals surface area (Å²) in [6.07, 6.45) is 9.46. The van der Waals surface area contributed by atoms with Gasteiger partial charge < -0.3 is 16.0 Å². The number of carboxylic acids is 1. The van der Waals surface area contributed by atoms with Crippen molar-refractivity contribution in [2.24, 2.45) is 0 Å². The number of carbonyl (C=O) groups excluding carboxylic acids is 1. The van der Waals surface area contributed by atoms with E-state index >= 15 is 0 Å². The van der Waals surface area contributed by atoms with Crippen molar-refractivity contribution in [2.75, 3.05) is 6.61 Å². The number of unbranched alkanes of at least 4 members (excludes halogenated alkanes) is 7. The van der Waals surface area contributed by atoms with Crippen molar-refractivity contribution in [3.8, 4) is 0 Å². The van der Waals surface area contributed by atoms with Crippen LogP contribution in [0.3, 0.4) is 0 Å². The largest absolute Gasteiger partial charge is 0.481 e. The lowest BCUT2D eigenvalue weighted by molar-refractivity contribution is -0.147. The number of carboxylic acid groups (broad SMARTS) is 1. The Morgan fingerprint density at radius 1 is 0.895 bits per heavy atom. The van der Waals surface area contributed by atoms with Gasteiger partial charge in [0.1, 0.15) is 0 Å². The molecule has 0 unspecified atom stereocenters. The van der Waals surface area contributed by atoms with E-state index in [1.54, 1.807) is 0 Å². The van der Waals surface area contributed by atoms with Gasteiger partial charge in [0.2, 0.25) is 0 Å². The minimum Gasteiger partial charge on any atom is -0.481 e. The topological polar surface area (TPSA) is 98.6 Å². The smallest absolute Gasteiger partial charge is 0.306 e. The minimum atomic E-state index is -0.959. The molecule has 0 aromatic rings. The van der Waals surface area contributed by atoms with E-state index < -0.39 is 11.9 Å². The van der Waals surface area contributed by atoms with Crippen LogP contribution in [0.5, 0.6) is 0 Å². The molecule has 5 heteroatoms. The Bertz CT molecular complexity index is 231. The first-order valence-electron chi connectivity index (χ1n) is 7.04. The highest BCUT2D eigenvalue weighted by molar-refractivity contribution is 5.76. The second-order valence-electron chi connectivity index (χ2n) is 4.59. The lowest BCUT2D eigenvalue weighted by atomic mass is 10.1. The average molecular weight is 275 g/mol. The molecule has 0 saturated heterocycles. The fourth-order valence-electron chi connectivity index (χ4n) is 1.70. The summed E-state index contributed by atoms with van der Waals surface area (Å²) in [6, 6.07) is 0. The van der Waals surface area contributed by atoms with E-state index in [2.05, 4.69) is 6.92 Å². The molecular formula is C14H29NO4. The Hall–Kier alpha value is -1.10. The minimum absolute atomic E-state index is 0. The van der Waals surface area contributed by atoms with Gasteiger partial charge in [0.05, 0.1) is 19.4 Å². The Morgan fingerprint density at radius 3 is 1.95 bits per heavy atom. The summed E-state index contributed by atoms with van der Waals surface area (Å²) in [5.74, 6) is -1.36. The van der Waals surface area contributed by atoms with E-state index in [1.807, 2.05) is 0 Å². The summed E-state index contributed by atoms with van der Waals surface area (Å²) >= 11 is 0. The molecule has 4 N–H and O–H groups in total. The van der Waals surface area contributed by atoms with Crippen molar-refractivity contribution >= 4 is 11.9 Å². The Labute approximate surface area is 116 Å². The van der Waals surface area contributed by atoms with Gasteiger partial charge in [0, 0.05) is 0 Å². The molecule has 19 heavy (non-hydrogen) atoms. The highest BCUT2D eigenvalue weighted by Gasteiger charge is 2.05. The van der Waals surface area contributed by atoms with Crippen LogP contribution in [0.1, 0.15) is 71.1 Å². The zero-order valence-corrected chi connectivity index (χ0v) is 12.2. The molecule has 0 aliphatic heterocycles. The van der Waals surface area contributed by atoms with Gasteiger partial charge in [-0.05, 0) is 6.42 Å². The molecule has 0 aromatic carbocycles. The van der Waals surface area contributed by atoms with E-state index in [9.17, 15) is 9.59 Å². The van der Waals surface area contributed by atoms with Crippen LogP contribution in [0.15, 0.2) is 0 Å². The first-order chi connectivity index (χ1) is 8.66. The zero-order chi connectivity index (χ0) is 13.6. The third-order valence-electron chi connectivity index (χ3n) is 2.80. The number of hydrogen-bond donors (Lipinski definition) is 2. The summed E-state index contributed by atoms with van der Waals surface area (Å²) in [5.41, 5.74) is 0. The average Bonchev–Trinajstić information content (AvgIpc) is 2.34. The molecule has 0 fully saturated rings. The fourth-order valence-corrected chi connectivity index (χ4v) is 1.70. The molecule has 0 aromatic heterocycles. The molecule has 0 atom stereocenters. The van der Waals surface area contributed by atoms with Gasteiger partial charge >= 0.3 is 11.9 Å². The third kappa shape index (κ3) is 16.9. The molecular weight excluding hydrogens is 246 g/mol.